The van der Waals surface area contributed by atoms with Gasteiger partial charge in [0.1, 0.15) is 29.0 Å². The van der Waals surface area contributed by atoms with Gasteiger partial charge >= 0.3 is 17.6 Å². The third-order valence-corrected chi connectivity index (χ3v) is 9.39. The van der Waals surface area contributed by atoms with Gasteiger partial charge in [0.05, 0.1) is 33.7 Å². The first kappa shape index (κ1) is 39.3. The van der Waals surface area contributed by atoms with E-state index in [2.05, 4.69) is 10.3 Å². The van der Waals surface area contributed by atoms with E-state index in [9.17, 15) is 19.2 Å². The number of amides is 1. The van der Waals surface area contributed by atoms with Crippen molar-refractivity contribution in [1.29, 1.82) is 0 Å². The van der Waals surface area contributed by atoms with Crippen molar-refractivity contribution in [3.8, 4) is 11.5 Å². The molecule has 13 nitrogen and oxygen atoms in total. The number of nitrogens with one attached hydrogen (secondary N) is 1. The number of carboxylic acid groups (broad SMARTS) is 1. The fourth-order valence-electron chi connectivity index (χ4n) is 6.54. The average molecular weight is 766 g/mol. The summed E-state index contributed by atoms with van der Waals surface area (Å²) >= 11 is 0. The number of carbonyl (C=O) groups is 3. The molecule has 1 fully saturated rings. The van der Waals surface area contributed by atoms with Crippen molar-refractivity contribution in [2.24, 2.45) is 0 Å². The van der Waals surface area contributed by atoms with Gasteiger partial charge in [-0.2, -0.15) is 4.98 Å². The maximum absolute atomic E-state index is 16.7. The van der Waals surface area contributed by atoms with Gasteiger partial charge in [-0.25, -0.2) is 9.18 Å². The fourth-order valence-corrected chi connectivity index (χ4v) is 6.54. The summed E-state index contributed by atoms with van der Waals surface area (Å²) < 4.78 is 47.1. The zero-order valence-corrected chi connectivity index (χ0v) is 30.8. The van der Waals surface area contributed by atoms with E-state index >= 15 is 4.39 Å². The number of benzene rings is 4. The van der Waals surface area contributed by atoms with Gasteiger partial charge in [0.2, 0.25) is 0 Å². The first-order valence-corrected chi connectivity index (χ1v) is 17.7. The number of aromatic nitrogens is 2. The minimum absolute atomic E-state index is 0.0309. The number of hydrogen-bond donors (Lipinski definition) is 2. The van der Waals surface area contributed by atoms with Crippen LogP contribution in [0.3, 0.4) is 0 Å². The zero-order chi connectivity index (χ0) is 39.8. The lowest BCUT2D eigenvalue weighted by atomic mass is 9.80. The Morgan fingerprint density at radius 1 is 0.839 bits per heavy atom. The van der Waals surface area contributed by atoms with E-state index in [0.29, 0.717) is 39.3 Å². The van der Waals surface area contributed by atoms with Gasteiger partial charge in [0.25, 0.3) is 5.91 Å². The molecule has 0 radical (unpaired) electrons. The highest BCUT2D eigenvalue weighted by molar-refractivity contribution is 6.04. The molecule has 0 aliphatic carbocycles. The van der Waals surface area contributed by atoms with Crippen LogP contribution in [0.2, 0.25) is 0 Å². The number of carbonyl (C=O) groups excluding carboxylic acids is 2. The lowest BCUT2D eigenvalue weighted by molar-refractivity contribution is -0.159. The third kappa shape index (κ3) is 8.46. The van der Waals surface area contributed by atoms with Gasteiger partial charge in [-0.3, -0.25) is 19.0 Å². The first-order valence-electron chi connectivity index (χ1n) is 17.7. The van der Waals surface area contributed by atoms with Gasteiger partial charge in [-0.05, 0) is 60.0 Å². The summed E-state index contributed by atoms with van der Waals surface area (Å²) in [5.74, 6) is -1.55. The summed E-state index contributed by atoms with van der Waals surface area (Å²) in [7, 11) is 3.10. The first-order chi connectivity index (χ1) is 27.0. The monoisotopic (exact) mass is 765 g/mol. The minimum Gasteiger partial charge on any atom is -0.497 e. The molecule has 14 heteroatoms. The lowest BCUT2D eigenvalue weighted by Crippen LogP contribution is -2.41. The predicted molar refractivity (Wildman–Crippen MR) is 201 cm³/mol. The number of rotatable bonds is 15. The van der Waals surface area contributed by atoms with E-state index in [1.165, 1.54) is 6.20 Å². The molecule has 5 aromatic rings. The molecule has 0 unspecified atom stereocenters. The summed E-state index contributed by atoms with van der Waals surface area (Å²) in [6, 6.07) is 32.1. The van der Waals surface area contributed by atoms with Crippen molar-refractivity contribution in [3.05, 3.63) is 154 Å². The molecule has 1 saturated heterocycles. The second-order valence-corrected chi connectivity index (χ2v) is 13.0. The molecule has 2 N–H and O–H groups in total. The van der Waals surface area contributed by atoms with Crippen LogP contribution < -0.4 is 20.5 Å². The molecule has 1 aromatic heterocycles. The molecule has 4 atom stereocenters. The smallest absolute Gasteiger partial charge is 0.351 e. The molecular formula is C42H40FN3O10. The topological polar surface area (TPSA) is 165 Å². The number of anilines is 1. The van der Waals surface area contributed by atoms with Crippen LogP contribution in [0.5, 0.6) is 11.5 Å². The van der Waals surface area contributed by atoms with Crippen molar-refractivity contribution >= 4 is 23.7 Å². The predicted octanol–water partition coefficient (Wildman–Crippen LogP) is 5.84. The molecule has 1 aliphatic heterocycles. The summed E-state index contributed by atoms with van der Waals surface area (Å²) in [6.45, 7) is 1.20. The molecule has 4 aromatic carbocycles. The molecule has 0 saturated carbocycles. The van der Waals surface area contributed by atoms with Crippen LogP contribution in [0.25, 0.3) is 0 Å². The van der Waals surface area contributed by atoms with Crippen molar-refractivity contribution in [2.75, 3.05) is 26.1 Å². The van der Waals surface area contributed by atoms with Crippen LogP contribution in [0.4, 0.5) is 10.2 Å². The number of alkyl halides is 1. The number of hydrogen-bond acceptors (Lipinski definition) is 10. The Kier molecular flexibility index (Phi) is 12.2. The second kappa shape index (κ2) is 17.4. The Bertz CT molecular complexity index is 2150. The number of aliphatic carboxylic acids is 1. The Hall–Kier alpha value is -6.38. The van der Waals surface area contributed by atoms with Gasteiger partial charge in [0.15, 0.2) is 18.5 Å². The van der Waals surface area contributed by atoms with E-state index in [-0.39, 0.29) is 12.4 Å². The standard InChI is InChI=1S/C42H40FN3O10/c1-26-24-46(41(51)45-38(26)44-39(50)27-10-6-4-7-11-27)40-36(43)37(56-35(49)23-22-34(47)48)33(55-40)25-54-42(28-12-8-5-9-13-28,29-14-18-31(52-2)19-15-29)30-16-20-32(53-3)21-17-30/h4-21,24,33,36-37,40H,22-23,25H2,1-3H3,(H,47,48)(H,44,45,50,51)/t33-,36+,37-,40-/m1/s1. The Balaban J connectivity index is 1.38. The number of halogens is 1. The number of methoxy groups -OCH3 is 2. The highest BCUT2D eigenvalue weighted by Crippen LogP contribution is 2.43. The summed E-state index contributed by atoms with van der Waals surface area (Å²) in [6.07, 6.45) is -6.50. The van der Waals surface area contributed by atoms with Gasteiger partial charge in [-0.15, -0.1) is 0 Å². The molecule has 1 amide bonds. The SMILES string of the molecule is COc1ccc(C(OC[C@H]2O[C@@H](n3cc(C)c(NC(=O)c4ccccc4)nc3=O)[C@@H](F)[C@@H]2OC(=O)CCC(=O)O)(c2ccccc2)c2ccc(OC)cc2)cc1. The molecule has 0 spiro atoms. The van der Waals surface area contributed by atoms with Crippen molar-refractivity contribution in [3.63, 3.8) is 0 Å². The highest BCUT2D eigenvalue weighted by atomic mass is 19.1. The van der Waals surface area contributed by atoms with Crippen LogP contribution in [0.15, 0.2) is 120 Å². The van der Waals surface area contributed by atoms with E-state index in [1.54, 1.807) is 75.7 Å². The van der Waals surface area contributed by atoms with Gasteiger partial charge in [0, 0.05) is 17.3 Å². The van der Waals surface area contributed by atoms with Crippen LogP contribution >= 0.6 is 0 Å². The number of nitrogens with zero attached hydrogens (tertiary/aromatic N) is 2. The second-order valence-electron chi connectivity index (χ2n) is 13.0. The summed E-state index contributed by atoms with van der Waals surface area (Å²) in [5, 5.41) is 11.8. The van der Waals surface area contributed by atoms with Gasteiger partial charge in [-0.1, -0.05) is 72.8 Å². The van der Waals surface area contributed by atoms with E-state index < -0.39 is 66.6 Å². The normalized spacial score (nSPS) is 17.9. The molecule has 290 valence electrons. The van der Waals surface area contributed by atoms with Crippen molar-refractivity contribution in [1.82, 2.24) is 9.55 Å². The third-order valence-electron chi connectivity index (χ3n) is 9.39. The fraction of sp³-hybridized carbons (Fsp3) is 0.262. The van der Waals surface area contributed by atoms with Crippen LogP contribution in [0, 0.1) is 6.92 Å². The van der Waals surface area contributed by atoms with Gasteiger partial charge < -0.3 is 34.1 Å². The van der Waals surface area contributed by atoms with E-state index in [4.69, 9.17) is 28.8 Å². The number of aryl methyl sites for hydroxylation is 1. The zero-order valence-electron chi connectivity index (χ0n) is 30.8. The quantitative estimate of drug-likeness (QED) is 0.0972. The van der Waals surface area contributed by atoms with Crippen molar-refractivity contribution < 1.29 is 47.6 Å². The Morgan fingerprint density at radius 3 is 1.95 bits per heavy atom. The minimum atomic E-state index is -2.13. The molecule has 0 bridgehead atoms. The number of esters is 1. The van der Waals surface area contributed by atoms with Crippen LogP contribution in [-0.2, 0) is 29.4 Å². The summed E-state index contributed by atoms with van der Waals surface area (Å²) in [5.41, 5.74) is 0.382. The largest absolute Gasteiger partial charge is 0.497 e. The maximum atomic E-state index is 16.7. The Labute approximate surface area is 321 Å². The number of ether oxygens (including phenoxy) is 5. The number of carboxylic acids is 1. The molecule has 1 aliphatic rings. The highest BCUT2D eigenvalue weighted by Gasteiger charge is 2.51. The molecule has 6 rings (SSSR count). The van der Waals surface area contributed by atoms with E-state index in [1.807, 2.05) is 54.6 Å². The van der Waals surface area contributed by atoms with Crippen molar-refractivity contribution in [2.45, 2.75) is 50.0 Å². The van der Waals surface area contributed by atoms with Crippen LogP contribution in [0.1, 0.15) is 51.7 Å². The molecular weight excluding hydrogens is 725 g/mol. The average Bonchev–Trinajstić information content (AvgIpc) is 3.53. The lowest BCUT2D eigenvalue weighted by Gasteiger charge is -2.37. The summed E-state index contributed by atoms with van der Waals surface area (Å²) in [4.78, 5) is 54.4. The van der Waals surface area contributed by atoms with E-state index in [0.717, 1.165) is 4.57 Å². The molecule has 2 heterocycles. The molecule has 56 heavy (non-hydrogen) atoms. The van der Waals surface area contributed by atoms with Crippen LogP contribution in [-0.4, -0.2) is 71.7 Å². The maximum Gasteiger partial charge on any atom is 0.351 e. The Morgan fingerprint density at radius 2 is 1.39 bits per heavy atom.